The van der Waals surface area contributed by atoms with Gasteiger partial charge in [-0.3, -0.25) is 4.79 Å². The standard InChI is InChI=1S/C9H9ClN2O3/c10-5-3-6(11-4-5)7(13)12-9(1-2-9)8(14)15/h3-4,11H,1-2H2,(H,12,13)(H,14,15). The smallest absolute Gasteiger partial charge is 0.329 e. The molecule has 0 spiro atoms. The Bertz CT molecular complexity index is 423. The number of aromatic nitrogens is 1. The molecule has 0 aliphatic heterocycles. The molecule has 6 heteroatoms. The first-order chi connectivity index (χ1) is 7.03. The van der Waals surface area contributed by atoms with Crippen molar-refractivity contribution in [1.29, 1.82) is 0 Å². The van der Waals surface area contributed by atoms with Crippen molar-refractivity contribution in [2.24, 2.45) is 0 Å². The summed E-state index contributed by atoms with van der Waals surface area (Å²) in [6.07, 6.45) is 2.42. The second-order valence-electron chi connectivity index (χ2n) is 3.57. The highest BCUT2D eigenvalue weighted by atomic mass is 35.5. The highest BCUT2D eigenvalue weighted by molar-refractivity contribution is 6.31. The van der Waals surface area contributed by atoms with E-state index in [1.54, 1.807) is 0 Å². The van der Waals surface area contributed by atoms with Crippen molar-refractivity contribution in [3.8, 4) is 0 Å². The lowest BCUT2D eigenvalue weighted by molar-refractivity contribution is -0.140. The quantitative estimate of drug-likeness (QED) is 0.722. The van der Waals surface area contributed by atoms with Crippen LogP contribution in [0, 0.1) is 0 Å². The SMILES string of the molecule is O=C(NC1(C(=O)O)CC1)c1cc(Cl)c[nH]1. The molecule has 1 heterocycles. The van der Waals surface area contributed by atoms with Crippen molar-refractivity contribution >= 4 is 23.5 Å². The first-order valence-electron chi connectivity index (χ1n) is 4.43. The van der Waals surface area contributed by atoms with Crippen LogP contribution in [-0.2, 0) is 4.79 Å². The van der Waals surface area contributed by atoms with Crippen LogP contribution >= 0.6 is 11.6 Å². The molecule has 0 saturated heterocycles. The van der Waals surface area contributed by atoms with Gasteiger partial charge in [-0.1, -0.05) is 11.6 Å². The van der Waals surface area contributed by atoms with Gasteiger partial charge in [0.1, 0.15) is 11.2 Å². The Morgan fingerprint density at radius 1 is 1.53 bits per heavy atom. The lowest BCUT2D eigenvalue weighted by Crippen LogP contribution is -2.43. The van der Waals surface area contributed by atoms with Crippen LogP contribution in [0.2, 0.25) is 5.02 Å². The highest BCUT2D eigenvalue weighted by Crippen LogP contribution is 2.35. The Morgan fingerprint density at radius 2 is 2.20 bits per heavy atom. The molecule has 1 aromatic heterocycles. The van der Waals surface area contributed by atoms with E-state index in [4.69, 9.17) is 16.7 Å². The maximum atomic E-state index is 11.6. The molecule has 1 fully saturated rings. The largest absolute Gasteiger partial charge is 0.480 e. The molecule has 3 N–H and O–H groups in total. The number of hydrogen-bond donors (Lipinski definition) is 3. The third kappa shape index (κ3) is 1.83. The summed E-state index contributed by atoms with van der Waals surface area (Å²) >= 11 is 5.63. The van der Waals surface area contributed by atoms with E-state index >= 15 is 0 Å². The van der Waals surface area contributed by atoms with Crippen LogP contribution in [0.5, 0.6) is 0 Å². The van der Waals surface area contributed by atoms with Crippen LogP contribution in [0.1, 0.15) is 23.3 Å². The van der Waals surface area contributed by atoms with Gasteiger partial charge in [0.25, 0.3) is 5.91 Å². The Hall–Kier alpha value is -1.49. The summed E-state index contributed by atoms with van der Waals surface area (Å²) in [6.45, 7) is 0. The van der Waals surface area contributed by atoms with Gasteiger partial charge in [-0.15, -0.1) is 0 Å². The summed E-state index contributed by atoms with van der Waals surface area (Å²) in [4.78, 5) is 25.0. The predicted octanol–water partition coefficient (Wildman–Crippen LogP) is 1.02. The number of nitrogens with one attached hydrogen (secondary N) is 2. The van der Waals surface area contributed by atoms with Gasteiger partial charge in [-0.05, 0) is 18.9 Å². The van der Waals surface area contributed by atoms with Gasteiger partial charge in [0.2, 0.25) is 0 Å². The number of carboxylic acids is 1. The molecule has 1 aromatic rings. The van der Waals surface area contributed by atoms with Crippen LogP contribution in [0.3, 0.4) is 0 Å². The summed E-state index contributed by atoms with van der Waals surface area (Å²) in [5.74, 6) is -1.43. The number of H-pyrrole nitrogens is 1. The van der Waals surface area contributed by atoms with E-state index in [1.807, 2.05) is 0 Å². The molecular weight excluding hydrogens is 220 g/mol. The van der Waals surface area contributed by atoms with E-state index in [0.29, 0.717) is 17.9 Å². The van der Waals surface area contributed by atoms with Crippen LogP contribution < -0.4 is 5.32 Å². The minimum Gasteiger partial charge on any atom is -0.480 e. The van der Waals surface area contributed by atoms with Gasteiger partial charge in [0.05, 0.1) is 5.02 Å². The minimum atomic E-state index is -1.06. The fraction of sp³-hybridized carbons (Fsp3) is 0.333. The van der Waals surface area contributed by atoms with Crippen LogP contribution in [0.25, 0.3) is 0 Å². The fourth-order valence-electron chi connectivity index (χ4n) is 1.30. The summed E-state index contributed by atoms with van der Waals surface area (Å²) in [6, 6.07) is 1.45. The molecular formula is C9H9ClN2O3. The molecule has 0 atom stereocenters. The molecule has 1 saturated carbocycles. The van der Waals surface area contributed by atoms with Crippen molar-refractivity contribution in [3.05, 3.63) is 23.0 Å². The van der Waals surface area contributed by atoms with Crippen molar-refractivity contribution < 1.29 is 14.7 Å². The molecule has 15 heavy (non-hydrogen) atoms. The maximum absolute atomic E-state index is 11.6. The maximum Gasteiger partial charge on any atom is 0.329 e. The first-order valence-corrected chi connectivity index (χ1v) is 4.81. The number of aromatic amines is 1. The molecule has 2 rings (SSSR count). The van der Waals surface area contributed by atoms with Crippen LogP contribution in [0.15, 0.2) is 12.3 Å². The van der Waals surface area contributed by atoms with E-state index in [-0.39, 0.29) is 5.69 Å². The number of aliphatic carboxylic acids is 1. The van der Waals surface area contributed by atoms with Crippen LogP contribution in [-0.4, -0.2) is 27.5 Å². The predicted molar refractivity (Wildman–Crippen MR) is 52.9 cm³/mol. The Labute approximate surface area is 90.4 Å². The van der Waals surface area contributed by atoms with E-state index in [0.717, 1.165) is 0 Å². The second kappa shape index (κ2) is 3.27. The number of carboxylic acid groups (broad SMARTS) is 1. The number of halogens is 1. The Balaban J connectivity index is 2.08. The van der Waals surface area contributed by atoms with E-state index in [2.05, 4.69) is 10.3 Å². The van der Waals surface area contributed by atoms with E-state index in [1.165, 1.54) is 12.3 Å². The molecule has 1 aliphatic carbocycles. The normalized spacial score (nSPS) is 17.1. The average Bonchev–Trinajstić information content (AvgIpc) is 2.82. The molecule has 0 radical (unpaired) electrons. The van der Waals surface area contributed by atoms with Gasteiger partial charge in [-0.25, -0.2) is 4.79 Å². The first kappa shape index (κ1) is 10.0. The van der Waals surface area contributed by atoms with Crippen molar-refractivity contribution in [2.45, 2.75) is 18.4 Å². The number of rotatable bonds is 3. The van der Waals surface area contributed by atoms with Crippen LogP contribution in [0.4, 0.5) is 0 Å². The molecule has 1 aliphatic rings. The molecule has 0 bridgehead atoms. The Kier molecular flexibility index (Phi) is 2.19. The molecule has 80 valence electrons. The third-order valence-corrected chi connectivity index (χ3v) is 2.62. The van der Waals surface area contributed by atoms with Gasteiger partial charge in [-0.2, -0.15) is 0 Å². The Morgan fingerprint density at radius 3 is 2.60 bits per heavy atom. The number of amides is 1. The molecule has 0 aromatic carbocycles. The fourth-order valence-corrected chi connectivity index (χ4v) is 1.46. The lowest BCUT2D eigenvalue weighted by Gasteiger charge is -2.10. The summed E-state index contributed by atoms with van der Waals surface area (Å²) in [5, 5.41) is 11.7. The summed E-state index contributed by atoms with van der Waals surface area (Å²) in [5.41, 5.74) is -0.790. The average molecular weight is 229 g/mol. The summed E-state index contributed by atoms with van der Waals surface area (Å²) < 4.78 is 0. The van der Waals surface area contributed by atoms with Gasteiger partial charge < -0.3 is 15.4 Å². The summed E-state index contributed by atoms with van der Waals surface area (Å²) in [7, 11) is 0. The van der Waals surface area contributed by atoms with E-state index in [9.17, 15) is 9.59 Å². The number of carbonyl (C=O) groups is 2. The third-order valence-electron chi connectivity index (χ3n) is 2.40. The minimum absolute atomic E-state index is 0.271. The van der Waals surface area contributed by atoms with E-state index < -0.39 is 17.4 Å². The second-order valence-corrected chi connectivity index (χ2v) is 4.01. The monoisotopic (exact) mass is 228 g/mol. The lowest BCUT2D eigenvalue weighted by atomic mass is 10.2. The van der Waals surface area contributed by atoms with Gasteiger partial charge in [0.15, 0.2) is 0 Å². The number of hydrogen-bond acceptors (Lipinski definition) is 2. The van der Waals surface area contributed by atoms with Crippen molar-refractivity contribution in [3.63, 3.8) is 0 Å². The topological polar surface area (TPSA) is 82.2 Å². The van der Waals surface area contributed by atoms with Gasteiger partial charge in [0, 0.05) is 6.20 Å². The zero-order chi connectivity index (χ0) is 11.1. The van der Waals surface area contributed by atoms with Crippen molar-refractivity contribution in [1.82, 2.24) is 10.3 Å². The zero-order valence-electron chi connectivity index (χ0n) is 7.71. The zero-order valence-corrected chi connectivity index (χ0v) is 8.47. The van der Waals surface area contributed by atoms with Crippen molar-refractivity contribution in [2.75, 3.05) is 0 Å². The number of carbonyl (C=O) groups excluding carboxylic acids is 1. The van der Waals surface area contributed by atoms with Gasteiger partial charge >= 0.3 is 5.97 Å². The highest BCUT2D eigenvalue weighted by Gasteiger charge is 2.51. The molecule has 1 amide bonds. The molecule has 0 unspecified atom stereocenters. The molecule has 5 nitrogen and oxygen atoms in total.